The Morgan fingerprint density at radius 3 is 2.74 bits per heavy atom. The van der Waals surface area contributed by atoms with Crippen LogP contribution in [0.1, 0.15) is 15.9 Å². The number of hydrogen-bond acceptors (Lipinski definition) is 2. The molecular formula is C15H12ClFO2. The van der Waals surface area contributed by atoms with E-state index < -0.39 is 5.82 Å². The van der Waals surface area contributed by atoms with Crippen LogP contribution >= 0.6 is 11.6 Å². The quantitative estimate of drug-likeness (QED) is 0.793. The van der Waals surface area contributed by atoms with E-state index in [0.717, 1.165) is 5.56 Å². The summed E-state index contributed by atoms with van der Waals surface area (Å²) < 4.78 is 18.1. The number of ketones is 1. The van der Waals surface area contributed by atoms with E-state index in [1.54, 1.807) is 13.2 Å². The zero-order chi connectivity index (χ0) is 13.8. The van der Waals surface area contributed by atoms with Crippen molar-refractivity contribution < 1.29 is 13.9 Å². The van der Waals surface area contributed by atoms with Gasteiger partial charge in [0.2, 0.25) is 0 Å². The van der Waals surface area contributed by atoms with E-state index >= 15 is 0 Å². The number of benzene rings is 2. The van der Waals surface area contributed by atoms with Crippen LogP contribution in [-0.2, 0) is 6.42 Å². The minimum absolute atomic E-state index is 0.0449. The Morgan fingerprint density at radius 1 is 1.26 bits per heavy atom. The molecule has 0 fully saturated rings. The van der Waals surface area contributed by atoms with E-state index in [1.165, 1.54) is 18.2 Å². The second-order valence-corrected chi connectivity index (χ2v) is 4.49. The van der Waals surface area contributed by atoms with Crippen molar-refractivity contribution >= 4 is 17.4 Å². The van der Waals surface area contributed by atoms with Crippen LogP contribution in [0.2, 0.25) is 5.02 Å². The highest BCUT2D eigenvalue weighted by molar-refractivity contribution is 6.31. The van der Waals surface area contributed by atoms with E-state index in [2.05, 4.69) is 0 Å². The van der Waals surface area contributed by atoms with Gasteiger partial charge in [-0.25, -0.2) is 4.39 Å². The highest BCUT2D eigenvalue weighted by Crippen LogP contribution is 2.19. The molecule has 0 amide bonds. The number of hydrogen-bond donors (Lipinski definition) is 0. The number of Topliss-reactive ketones (excluding diaryl/α,β-unsaturated/α-hetero) is 1. The second-order valence-electron chi connectivity index (χ2n) is 4.08. The first-order valence-corrected chi connectivity index (χ1v) is 6.09. The van der Waals surface area contributed by atoms with E-state index in [1.807, 2.05) is 18.2 Å². The summed E-state index contributed by atoms with van der Waals surface area (Å²) in [6, 6.07) is 11.2. The maximum Gasteiger partial charge on any atom is 0.167 e. The molecule has 0 radical (unpaired) electrons. The molecule has 19 heavy (non-hydrogen) atoms. The normalized spacial score (nSPS) is 10.3. The summed E-state index contributed by atoms with van der Waals surface area (Å²) in [7, 11) is 1.57. The first kappa shape index (κ1) is 13.6. The Labute approximate surface area is 115 Å². The van der Waals surface area contributed by atoms with E-state index in [4.69, 9.17) is 16.3 Å². The maximum atomic E-state index is 13.0. The van der Waals surface area contributed by atoms with Crippen LogP contribution in [-0.4, -0.2) is 12.9 Å². The van der Waals surface area contributed by atoms with Crippen LogP contribution < -0.4 is 4.74 Å². The summed E-state index contributed by atoms with van der Waals surface area (Å²) in [5, 5.41) is -0.0449. The average Bonchev–Trinajstić information content (AvgIpc) is 2.42. The standard InChI is InChI=1S/C15H12ClFO2/c1-19-12-4-2-3-10(7-12)8-15(18)11-5-6-14(17)13(16)9-11/h2-7,9H,8H2,1H3. The highest BCUT2D eigenvalue weighted by atomic mass is 35.5. The van der Waals surface area contributed by atoms with E-state index in [9.17, 15) is 9.18 Å². The predicted octanol–water partition coefficient (Wildman–Crippen LogP) is 3.91. The Bertz CT molecular complexity index is 611. The van der Waals surface area contributed by atoms with Crippen molar-refractivity contribution in [3.8, 4) is 5.75 Å². The summed E-state index contributed by atoms with van der Waals surface area (Å²) in [5.41, 5.74) is 1.24. The molecule has 0 bridgehead atoms. The summed E-state index contributed by atoms with van der Waals surface area (Å²) in [6.45, 7) is 0. The van der Waals surface area contributed by atoms with Crippen molar-refractivity contribution in [2.45, 2.75) is 6.42 Å². The third kappa shape index (κ3) is 3.32. The molecule has 0 heterocycles. The lowest BCUT2D eigenvalue weighted by atomic mass is 10.0. The lowest BCUT2D eigenvalue weighted by Gasteiger charge is -2.05. The second kappa shape index (κ2) is 5.85. The van der Waals surface area contributed by atoms with Crippen molar-refractivity contribution in [3.05, 3.63) is 64.4 Å². The highest BCUT2D eigenvalue weighted by Gasteiger charge is 2.10. The van der Waals surface area contributed by atoms with Crippen molar-refractivity contribution in [3.63, 3.8) is 0 Å². The molecule has 0 aliphatic rings. The molecule has 0 saturated heterocycles. The zero-order valence-corrected chi connectivity index (χ0v) is 11.1. The number of carbonyl (C=O) groups excluding carboxylic acids is 1. The van der Waals surface area contributed by atoms with Crippen molar-refractivity contribution in [2.75, 3.05) is 7.11 Å². The van der Waals surface area contributed by atoms with Crippen LogP contribution in [0, 0.1) is 5.82 Å². The Morgan fingerprint density at radius 2 is 2.05 bits per heavy atom. The van der Waals surface area contributed by atoms with Crippen LogP contribution in [0.25, 0.3) is 0 Å². The van der Waals surface area contributed by atoms with Crippen molar-refractivity contribution in [1.29, 1.82) is 0 Å². The molecule has 2 rings (SSSR count). The maximum absolute atomic E-state index is 13.0. The molecule has 2 aromatic carbocycles. The molecule has 0 N–H and O–H groups in total. The molecule has 0 saturated carbocycles. The average molecular weight is 279 g/mol. The van der Waals surface area contributed by atoms with Crippen LogP contribution in [0.4, 0.5) is 4.39 Å². The SMILES string of the molecule is COc1cccc(CC(=O)c2ccc(F)c(Cl)c2)c1. The summed E-state index contributed by atoms with van der Waals surface area (Å²) in [4.78, 5) is 12.1. The molecule has 0 unspecified atom stereocenters. The molecule has 2 aromatic rings. The van der Waals surface area contributed by atoms with Crippen LogP contribution in [0.5, 0.6) is 5.75 Å². The minimum atomic E-state index is -0.528. The summed E-state index contributed by atoms with van der Waals surface area (Å²) in [6.07, 6.45) is 0.221. The molecule has 0 atom stereocenters. The van der Waals surface area contributed by atoms with Gasteiger partial charge in [0.15, 0.2) is 5.78 Å². The third-order valence-electron chi connectivity index (χ3n) is 2.74. The van der Waals surface area contributed by atoms with Gasteiger partial charge in [0.1, 0.15) is 11.6 Å². The van der Waals surface area contributed by atoms with Gasteiger partial charge in [0, 0.05) is 12.0 Å². The largest absolute Gasteiger partial charge is 0.497 e. The number of halogens is 2. The molecule has 0 aliphatic carbocycles. The van der Waals surface area contributed by atoms with Crippen LogP contribution in [0.3, 0.4) is 0 Å². The Kier molecular flexibility index (Phi) is 4.17. The number of rotatable bonds is 4. The molecule has 0 spiro atoms. The lowest BCUT2D eigenvalue weighted by molar-refractivity contribution is 0.0993. The topological polar surface area (TPSA) is 26.3 Å². The Hall–Kier alpha value is -1.87. The van der Waals surface area contributed by atoms with Gasteiger partial charge in [-0.3, -0.25) is 4.79 Å². The summed E-state index contributed by atoms with van der Waals surface area (Å²) >= 11 is 5.66. The fourth-order valence-corrected chi connectivity index (χ4v) is 1.92. The van der Waals surface area contributed by atoms with Gasteiger partial charge in [-0.1, -0.05) is 23.7 Å². The van der Waals surface area contributed by atoms with Gasteiger partial charge in [-0.15, -0.1) is 0 Å². The van der Waals surface area contributed by atoms with Crippen molar-refractivity contribution in [2.24, 2.45) is 0 Å². The van der Waals surface area contributed by atoms with E-state index in [0.29, 0.717) is 11.3 Å². The summed E-state index contributed by atoms with van der Waals surface area (Å²) in [5.74, 6) is 0.0530. The van der Waals surface area contributed by atoms with Gasteiger partial charge >= 0.3 is 0 Å². The first-order valence-electron chi connectivity index (χ1n) is 5.71. The van der Waals surface area contributed by atoms with Gasteiger partial charge in [0.25, 0.3) is 0 Å². The van der Waals surface area contributed by atoms with Gasteiger partial charge in [-0.2, -0.15) is 0 Å². The predicted molar refractivity (Wildman–Crippen MR) is 72.4 cm³/mol. The number of carbonyl (C=O) groups is 1. The monoisotopic (exact) mass is 278 g/mol. The lowest BCUT2D eigenvalue weighted by Crippen LogP contribution is -2.04. The van der Waals surface area contributed by atoms with Gasteiger partial charge in [-0.05, 0) is 35.9 Å². The molecule has 2 nitrogen and oxygen atoms in total. The molecule has 4 heteroatoms. The molecule has 0 aliphatic heterocycles. The fourth-order valence-electron chi connectivity index (χ4n) is 1.74. The molecular weight excluding hydrogens is 267 g/mol. The third-order valence-corrected chi connectivity index (χ3v) is 3.03. The van der Waals surface area contributed by atoms with E-state index in [-0.39, 0.29) is 17.2 Å². The molecule has 0 aromatic heterocycles. The van der Waals surface area contributed by atoms with Gasteiger partial charge in [0.05, 0.1) is 12.1 Å². The zero-order valence-electron chi connectivity index (χ0n) is 10.3. The first-order chi connectivity index (χ1) is 9.10. The fraction of sp³-hybridized carbons (Fsp3) is 0.133. The number of ether oxygens (including phenoxy) is 1. The minimum Gasteiger partial charge on any atom is -0.497 e. The Balaban J connectivity index is 2.18. The van der Waals surface area contributed by atoms with Crippen LogP contribution in [0.15, 0.2) is 42.5 Å². The molecule has 98 valence electrons. The smallest absolute Gasteiger partial charge is 0.167 e. The number of methoxy groups -OCH3 is 1. The van der Waals surface area contributed by atoms with Crippen molar-refractivity contribution in [1.82, 2.24) is 0 Å². The van der Waals surface area contributed by atoms with Gasteiger partial charge < -0.3 is 4.74 Å².